The van der Waals surface area contributed by atoms with Gasteiger partial charge < -0.3 is 26.3 Å². The van der Waals surface area contributed by atoms with Crippen LogP contribution in [0.2, 0.25) is 0 Å². The maximum absolute atomic E-state index is 14.1. The number of methoxy groups -OCH3 is 1. The zero-order valence-corrected chi connectivity index (χ0v) is 18.6. The van der Waals surface area contributed by atoms with Crippen molar-refractivity contribution < 1.29 is 18.7 Å². The third kappa shape index (κ3) is 4.37. The van der Waals surface area contributed by atoms with Crippen LogP contribution in [-0.2, 0) is 16.5 Å². The average molecular weight is 461 g/mol. The summed E-state index contributed by atoms with van der Waals surface area (Å²) >= 11 is 1.06. The van der Waals surface area contributed by atoms with Crippen LogP contribution >= 0.6 is 11.3 Å². The fourth-order valence-corrected chi connectivity index (χ4v) is 4.61. The molecule has 3 aromatic rings. The molecule has 0 radical (unpaired) electrons. The Morgan fingerprint density at radius 2 is 2.16 bits per heavy atom. The number of nitrogens with two attached hydrogens (primary N) is 2. The predicted octanol–water partition coefficient (Wildman–Crippen LogP) is 2.71. The Bertz CT molecular complexity index is 1120. The lowest BCUT2D eigenvalue weighted by Gasteiger charge is -2.19. The van der Waals surface area contributed by atoms with Crippen LogP contribution in [0.15, 0.2) is 30.5 Å². The summed E-state index contributed by atoms with van der Waals surface area (Å²) in [5.74, 6) is -0.934. The first-order valence-corrected chi connectivity index (χ1v) is 10.9. The molecule has 1 aliphatic heterocycles. The molecule has 0 saturated carbocycles. The number of nitrogens with zero attached hydrogens (tertiary/aromatic N) is 3. The van der Waals surface area contributed by atoms with Gasteiger partial charge in [0.05, 0.1) is 30.3 Å². The van der Waals surface area contributed by atoms with Crippen LogP contribution in [0.5, 0.6) is 0 Å². The summed E-state index contributed by atoms with van der Waals surface area (Å²) in [7, 11) is 3.39. The van der Waals surface area contributed by atoms with Crippen LogP contribution in [-0.4, -0.2) is 46.5 Å². The zero-order valence-electron chi connectivity index (χ0n) is 17.7. The highest BCUT2D eigenvalue weighted by Gasteiger charge is 2.30. The van der Waals surface area contributed by atoms with E-state index in [0.29, 0.717) is 41.4 Å². The number of carbonyl (C=O) groups excluding carboxylic acids is 1. The van der Waals surface area contributed by atoms with E-state index in [-0.39, 0.29) is 28.9 Å². The second kappa shape index (κ2) is 9.33. The Morgan fingerprint density at radius 1 is 1.38 bits per heavy atom. The number of benzene rings is 1. The lowest BCUT2D eigenvalue weighted by molar-refractivity contribution is -0.0211. The van der Waals surface area contributed by atoms with Crippen LogP contribution in [0, 0.1) is 5.82 Å². The molecule has 3 atom stereocenters. The van der Waals surface area contributed by atoms with Crippen molar-refractivity contribution in [2.75, 3.05) is 24.8 Å². The standard InChI is InChI=1S/C21H25FN6O3S/c1-28-18(15-8-7-13(23)16(30-2)10-31-15)14(9-25-28)26-20(29)17-19(24)32-21(27-17)11-5-3-4-6-12(11)22/h3-6,9,13,15-16H,7-8,10,23-24H2,1-2H3,(H,26,29)/t13-,15+,16+/m1/s1. The Hall–Kier alpha value is -2.86. The lowest BCUT2D eigenvalue weighted by Crippen LogP contribution is -2.37. The van der Waals surface area contributed by atoms with Crippen molar-refractivity contribution >= 4 is 27.9 Å². The number of halogens is 1. The van der Waals surface area contributed by atoms with Crippen molar-refractivity contribution in [3.63, 3.8) is 0 Å². The smallest absolute Gasteiger partial charge is 0.277 e. The molecule has 1 aliphatic rings. The van der Waals surface area contributed by atoms with E-state index < -0.39 is 11.7 Å². The molecule has 32 heavy (non-hydrogen) atoms. The molecule has 1 amide bonds. The largest absolute Gasteiger partial charge is 0.389 e. The van der Waals surface area contributed by atoms with Crippen molar-refractivity contribution in [2.24, 2.45) is 12.8 Å². The molecule has 1 saturated heterocycles. The van der Waals surface area contributed by atoms with E-state index in [9.17, 15) is 9.18 Å². The number of hydrogen-bond donors (Lipinski definition) is 3. The number of hydrogen-bond acceptors (Lipinski definition) is 8. The Labute approximate surface area is 188 Å². The number of rotatable bonds is 5. The number of aromatic nitrogens is 3. The highest BCUT2D eigenvalue weighted by molar-refractivity contribution is 7.19. The van der Waals surface area contributed by atoms with Crippen LogP contribution in [0.4, 0.5) is 15.1 Å². The molecule has 2 aromatic heterocycles. The molecule has 1 fully saturated rings. The molecule has 9 nitrogen and oxygen atoms in total. The molecule has 0 bridgehead atoms. The fourth-order valence-electron chi connectivity index (χ4n) is 3.76. The normalized spacial score (nSPS) is 21.3. The van der Waals surface area contributed by atoms with Gasteiger partial charge in [-0.3, -0.25) is 9.48 Å². The summed E-state index contributed by atoms with van der Waals surface area (Å²) in [5, 5.41) is 7.64. The number of nitrogens with one attached hydrogen (secondary N) is 1. The molecule has 11 heteroatoms. The number of aryl methyl sites for hydroxylation is 1. The Kier molecular flexibility index (Phi) is 6.51. The first-order valence-electron chi connectivity index (χ1n) is 10.1. The predicted molar refractivity (Wildman–Crippen MR) is 120 cm³/mol. The quantitative estimate of drug-likeness (QED) is 0.534. The molecule has 3 heterocycles. The first kappa shape index (κ1) is 22.3. The van der Waals surface area contributed by atoms with Crippen LogP contribution < -0.4 is 16.8 Å². The number of anilines is 2. The summed E-state index contributed by atoms with van der Waals surface area (Å²) in [6, 6.07) is 6.08. The third-order valence-corrected chi connectivity index (χ3v) is 6.43. The van der Waals surface area contributed by atoms with Crippen LogP contribution in [0.25, 0.3) is 10.6 Å². The van der Waals surface area contributed by atoms with Gasteiger partial charge in [0.25, 0.3) is 5.91 Å². The molecule has 170 valence electrons. The molecule has 1 aromatic carbocycles. The molecular weight excluding hydrogens is 435 g/mol. The molecule has 4 rings (SSSR count). The summed E-state index contributed by atoms with van der Waals surface area (Å²) in [4.78, 5) is 17.3. The van der Waals surface area contributed by atoms with E-state index in [1.165, 1.54) is 6.07 Å². The summed E-state index contributed by atoms with van der Waals surface area (Å²) in [6.07, 6.45) is 2.39. The molecule has 5 N–H and O–H groups in total. The number of carbonyl (C=O) groups is 1. The molecule has 0 unspecified atom stereocenters. The van der Waals surface area contributed by atoms with Gasteiger partial charge in [0, 0.05) is 25.8 Å². The molecular formula is C21H25FN6O3S. The Morgan fingerprint density at radius 3 is 2.91 bits per heavy atom. The highest BCUT2D eigenvalue weighted by Crippen LogP contribution is 2.34. The van der Waals surface area contributed by atoms with Gasteiger partial charge >= 0.3 is 0 Å². The topological polar surface area (TPSA) is 130 Å². The second-order valence-corrected chi connectivity index (χ2v) is 8.60. The van der Waals surface area contributed by atoms with E-state index in [2.05, 4.69) is 15.4 Å². The minimum Gasteiger partial charge on any atom is -0.389 e. The van der Waals surface area contributed by atoms with Gasteiger partial charge in [0.2, 0.25) is 0 Å². The van der Waals surface area contributed by atoms with Crippen LogP contribution in [0.1, 0.15) is 35.1 Å². The average Bonchev–Trinajstić information content (AvgIpc) is 3.27. The summed E-state index contributed by atoms with van der Waals surface area (Å²) in [6.45, 7) is 0.339. The minimum atomic E-state index is -0.504. The molecule has 0 aliphatic carbocycles. The lowest BCUT2D eigenvalue weighted by atomic mass is 10.0. The van der Waals surface area contributed by atoms with Crippen molar-refractivity contribution in [1.29, 1.82) is 0 Å². The third-order valence-electron chi connectivity index (χ3n) is 5.51. The SMILES string of the molecule is CO[C@H]1CO[C@H](c2c(NC(=O)c3nc(-c4ccccc4F)sc3N)cnn2C)CC[C@H]1N. The second-order valence-electron chi connectivity index (χ2n) is 7.57. The van der Waals surface area contributed by atoms with Gasteiger partial charge in [-0.15, -0.1) is 0 Å². The van der Waals surface area contributed by atoms with Gasteiger partial charge in [0.1, 0.15) is 21.9 Å². The number of ether oxygens (including phenoxy) is 2. The number of thiazole rings is 1. The summed E-state index contributed by atoms with van der Waals surface area (Å²) < 4.78 is 27.2. The number of amides is 1. The van der Waals surface area contributed by atoms with E-state index in [0.717, 1.165) is 11.3 Å². The van der Waals surface area contributed by atoms with Crippen molar-refractivity contribution in [3.8, 4) is 10.6 Å². The number of nitrogen functional groups attached to an aromatic ring is 1. The van der Waals surface area contributed by atoms with E-state index in [1.807, 2.05) is 0 Å². The van der Waals surface area contributed by atoms with Crippen molar-refractivity contribution in [2.45, 2.75) is 31.1 Å². The highest BCUT2D eigenvalue weighted by atomic mass is 32.1. The monoisotopic (exact) mass is 460 g/mol. The van der Waals surface area contributed by atoms with E-state index >= 15 is 0 Å². The van der Waals surface area contributed by atoms with Crippen LogP contribution in [0.3, 0.4) is 0 Å². The van der Waals surface area contributed by atoms with Crippen molar-refractivity contribution in [3.05, 3.63) is 47.7 Å². The minimum absolute atomic E-state index is 0.0336. The zero-order chi connectivity index (χ0) is 22.8. The molecule has 0 spiro atoms. The van der Waals surface area contributed by atoms with Gasteiger partial charge in [-0.2, -0.15) is 5.10 Å². The Balaban J connectivity index is 1.56. The van der Waals surface area contributed by atoms with E-state index in [4.69, 9.17) is 20.9 Å². The van der Waals surface area contributed by atoms with Gasteiger partial charge in [0.15, 0.2) is 5.69 Å². The van der Waals surface area contributed by atoms with Gasteiger partial charge in [-0.25, -0.2) is 9.37 Å². The maximum Gasteiger partial charge on any atom is 0.277 e. The fraction of sp³-hybridized carbons (Fsp3) is 0.381. The van der Waals surface area contributed by atoms with E-state index in [1.54, 1.807) is 43.2 Å². The van der Waals surface area contributed by atoms with Crippen molar-refractivity contribution in [1.82, 2.24) is 14.8 Å². The first-order chi connectivity index (χ1) is 15.4. The van der Waals surface area contributed by atoms with Gasteiger partial charge in [-0.05, 0) is 25.0 Å². The maximum atomic E-state index is 14.1. The van der Waals surface area contributed by atoms with Gasteiger partial charge in [-0.1, -0.05) is 23.5 Å². The summed E-state index contributed by atoms with van der Waals surface area (Å²) in [5.41, 5.74) is 13.7.